The summed E-state index contributed by atoms with van der Waals surface area (Å²) in [6.07, 6.45) is 0. The summed E-state index contributed by atoms with van der Waals surface area (Å²) in [5, 5.41) is 23.2. The molecule has 0 bridgehead atoms. The number of carboxylic acid groups (broad SMARTS) is 2. The smallest absolute Gasteiger partial charge is 0.545 e. The quantitative estimate of drug-likeness (QED) is 0.239. The molecule has 0 spiro atoms. The molecule has 0 N–H and O–H groups in total. The van der Waals surface area contributed by atoms with Gasteiger partial charge in [-0.15, -0.1) is 0 Å². The predicted octanol–water partition coefficient (Wildman–Crippen LogP) is 3.66. The Morgan fingerprint density at radius 1 is 0.529 bits per heavy atom. The second-order valence-corrected chi connectivity index (χ2v) is 12.7. The molecule has 0 aliphatic carbocycles. The maximum absolute atomic E-state index is 9.51. The number of rotatable bonds is 3. The Bertz CT molecular complexity index is 883. The van der Waals surface area contributed by atoms with Gasteiger partial charge in [-0.25, -0.2) is 0 Å². The molecule has 0 unspecified atom stereocenters. The van der Waals surface area contributed by atoms with Crippen LogP contribution in [0, 0.1) is 0 Å². The van der Waals surface area contributed by atoms with E-state index in [1.165, 1.54) is 15.9 Å². The topological polar surface area (TPSA) is 80.3 Å². The summed E-state index contributed by atoms with van der Waals surface area (Å²) >= 11 is 28.4. The van der Waals surface area contributed by atoms with Gasteiger partial charge in [-0.1, -0.05) is 161 Å². The molecule has 0 heterocycles. The van der Waals surface area contributed by atoms with Crippen molar-refractivity contribution in [3.63, 3.8) is 0 Å². The summed E-state index contributed by atoms with van der Waals surface area (Å²) in [5.74, 6) is -3.42. The van der Waals surface area contributed by atoms with Crippen molar-refractivity contribution in [2.75, 3.05) is 0 Å². The van der Waals surface area contributed by atoms with Crippen molar-refractivity contribution in [2.24, 2.45) is 0 Å². The minimum absolute atomic E-state index is 0. The molecular weight excluding hydrogens is 675 g/mol. The molecule has 3 aromatic carbocycles. The molecule has 0 aliphatic heterocycles. The Morgan fingerprint density at radius 2 is 0.706 bits per heavy atom. The number of alkyl halides is 6. The van der Waals surface area contributed by atoms with Gasteiger partial charge in [-0.05, 0) is 23.8 Å². The molecule has 0 atom stereocenters. The fourth-order valence-corrected chi connectivity index (χ4v) is 4.48. The van der Waals surface area contributed by atoms with Gasteiger partial charge in [-0.3, -0.25) is 0 Å². The number of halogens is 6. The van der Waals surface area contributed by atoms with E-state index in [9.17, 15) is 19.8 Å². The molecule has 0 saturated heterocycles. The maximum atomic E-state index is 9.51. The van der Waals surface area contributed by atoms with E-state index >= 15 is 0 Å². The van der Waals surface area contributed by atoms with E-state index in [1.807, 2.05) is 0 Å². The fourth-order valence-electron chi connectivity index (χ4n) is 2.18. The summed E-state index contributed by atoms with van der Waals surface area (Å²) in [6, 6.07) is 32.3. The van der Waals surface area contributed by atoms with Gasteiger partial charge < -0.3 is 19.8 Å². The first-order chi connectivity index (χ1) is 15.3. The van der Waals surface area contributed by atoms with Gasteiger partial charge in [0.1, 0.15) is 0 Å². The Morgan fingerprint density at radius 3 is 0.853 bits per heavy atom. The summed E-state index contributed by atoms with van der Waals surface area (Å²) in [4.78, 5) is 19.0. The Balaban J connectivity index is 0.000000609. The van der Waals surface area contributed by atoms with Gasteiger partial charge in [0.2, 0.25) is 7.59 Å². The molecule has 183 valence electrons. The summed E-state index contributed by atoms with van der Waals surface area (Å²) < 4.78 is -4.56. The van der Waals surface area contributed by atoms with Crippen LogP contribution in [-0.4, -0.2) is 19.5 Å². The minimum atomic E-state index is -2.28. The third kappa shape index (κ3) is 12.9. The molecule has 0 fully saturated rings. The first-order valence-corrected chi connectivity index (χ1v) is 12.5. The summed E-state index contributed by atoms with van der Waals surface area (Å²) in [6.45, 7) is 0. The zero-order valence-corrected chi connectivity index (χ0v) is 23.9. The molecule has 34 heavy (non-hydrogen) atoms. The van der Waals surface area contributed by atoms with Gasteiger partial charge in [0.05, 0.1) is 11.9 Å². The van der Waals surface area contributed by atoms with Crippen molar-refractivity contribution in [1.82, 2.24) is 0 Å². The molecule has 1 radical (unpaired) electrons. The fraction of sp³-hybridized carbons (Fsp3) is 0.0909. The van der Waals surface area contributed by atoms with E-state index in [-0.39, 0.29) is 19.5 Å². The van der Waals surface area contributed by atoms with Gasteiger partial charge in [0.25, 0.3) is 0 Å². The number of benzene rings is 3. The number of carboxylic acids is 2. The Labute approximate surface area is 241 Å². The van der Waals surface area contributed by atoms with Crippen LogP contribution in [0.2, 0.25) is 0 Å². The third-order valence-corrected chi connectivity index (χ3v) is 6.88. The molecule has 3 rings (SSSR count). The molecule has 4 nitrogen and oxygen atoms in total. The first-order valence-electron chi connectivity index (χ1n) is 8.85. The van der Waals surface area contributed by atoms with Gasteiger partial charge in [0.15, 0.2) is 0 Å². The molecule has 12 heteroatoms. The van der Waals surface area contributed by atoms with E-state index in [4.69, 9.17) is 69.6 Å². The molecule has 0 aromatic heterocycles. The van der Waals surface area contributed by atoms with Gasteiger partial charge >= 0.3 is 19.5 Å². The molecule has 0 saturated carbocycles. The van der Waals surface area contributed by atoms with Crippen molar-refractivity contribution in [3.8, 4) is 0 Å². The van der Waals surface area contributed by atoms with Crippen LogP contribution in [0.3, 0.4) is 0 Å². The molecule has 0 aliphatic rings. The first kappa shape index (κ1) is 33.4. The SMILES string of the molecule is O=C([O-])C(Cl)(Cl)Cl.O=C([O-])C(Cl)(Cl)Cl.[Rh+2].c1ccc(P(c2ccccc2)c2ccccc2)cc1. The minimum Gasteiger partial charge on any atom is -0.545 e. The standard InChI is InChI=1S/C18H15P.2C2HCl3O2.Rh/c1-4-10-16(11-5-1)19(17-12-6-2-7-13-17)18-14-8-3-9-15-18;2*3-2(4,5)1(6)7;/h1-15H;2*(H,6,7);/q;;;+2/p-2. The number of hydrogen-bond acceptors (Lipinski definition) is 4. The monoisotopic (exact) mass is 687 g/mol. The number of hydrogen-bond donors (Lipinski definition) is 0. The van der Waals surface area contributed by atoms with E-state index < -0.39 is 27.4 Å². The van der Waals surface area contributed by atoms with Gasteiger partial charge in [-0.2, -0.15) is 0 Å². The van der Waals surface area contributed by atoms with Crippen molar-refractivity contribution < 1.29 is 39.3 Å². The molecule has 0 amide bonds. The number of carbonyl (C=O) groups is 2. The zero-order valence-electron chi connectivity index (χ0n) is 16.8. The second kappa shape index (κ2) is 16.2. The largest absolute Gasteiger partial charge is 2.00 e. The van der Waals surface area contributed by atoms with E-state index in [0.717, 1.165) is 0 Å². The maximum Gasteiger partial charge on any atom is 2.00 e. The van der Waals surface area contributed by atoms with Crippen LogP contribution in [0.5, 0.6) is 0 Å². The molecule has 3 aromatic rings. The van der Waals surface area contributed by atoms with E-state index in [1.54, 1.807) is 0 Å². The number of carbonyl (C=O) groups excluding carboxylic acids is 2. The Kier molecular flexibility index (Phi) is 15.9. The van der Waals surface area contributed by atoms with Crippen LogP contribution in [0.4, 0.5) is 0 Å². The van der Waals surface area contributed by atoms with Crippen LogP contribution in [0.15, 0.2) is 91.0 Å². The third-order valence-electron chi connectivity index (χ3n) is 3.51. The summed E-state index contributed by atoms with van der Waals surface area (Å²) in [7, 11) is -0.446. The average molecular weight is 690 g/mol. The van der Waals surface area contributed by atoms with Crippen LogP contribution in [0.1, 0.15) is 0 Å². The van der Waals surface area contributed by atoms with E-state index in [0.29, 0.717) is 0 Å². The molecular formula is C22H15Cl6O4PRh. The van der Waals surface area contributed by atoms with Crippen molar-refractivity contribution in [3.05, 3.63) is 91.0 Å². The van der Waals surface area contributed by atoms with Crippen LogP contribution < -0.4 is 26.1 Å². The summed E-state index contributed by atoms with van der Waals surface area (Å²) in [5.41, 5.74) is 0. The average Bonchev–Trinajstić information content (AvgIpc) is 2.76. The number of aliphatic carboxylic acids is 2. The van der Waals surface area contributed by atoms with Crippen LogP contribution in [-0.2, 0) is 29.1 Å². The van der Waals surface area contributed by atoms with Crippen molar-refractivity contribution in [2.45, 2.75) is 7.59 Å². The van der Waals surface area contributed by atoms with E-state index in [2.05, 4.69) is 91.0 Å². The van der Waals surface area contributed by atoms with Gasteiger partial charge in [0, 0.05) is 0 Å². The Hall–Kier alpha value is -0.607. The van der Waals surface area contributed by atoms with Crippen LogP contribution >= 0.6 is 77.5 Å². The zero-order chi connectivity index (χ0) is 25.1. The second-order valence-electron chi connectivity index (χ2n) is 5.91. The normalized spacial score (nSPS) is 10.6. The van der Waals surface area contributed by atoms with Crippen LogP contribution in [0.25, 0.3) is 0 Å². The predicted molar refractivity (Wildman–Crippen MR) is 136 cm³/mol. The van der Waals surface area contributed by atoms with Crippen molar-refractivity contribution in [1.29, 1.82) is 0 Å². The van der Waals surface area contributed by atoms with Crippen molar-refractivity contribution >= 4 is 105 Å².